The van der Waals surface area contributed by atoms with Gasteiger partial charge in [-0.15, -0.1) is 0 Å². The molecule has 0 bridgehead atoms. The number of hydrogen-bond acceptors (Lipinski definition) is 5. The maximum atomic E-state index is 13.9. The molecule has 0 unspecified atom stereocenters. The monoisotopic (exact) mass is 375 g/mol. The van der Waals surface area contributed by atoms with E-state index in [1.807, 2.05) is 6.07 Å². The third-order valence-corrected chi connectivity index (χ3v) is 4.54. The molecule has 1 aromatic heterocycles. The van der Waals surface area contributed by atoms with Gasteiger partial charge in [-0.25, -0.2) is 13.8 Å². The van der Waals surface area contributed by atoms with E-state index in [0.717, 1.165) is 23.9 Å². The quantitative estimate of drug-likeness (QED) is 0.375. The van der Waals surface area contributed by atoms with Crippen molar-refractivity contribution in [2.45, 2.75) is 0 Å². The number of halogens is 3. The number of pyridine rings is 1. The number of nitriles is 1. The van der Waals surface area contributed by atoms with Crippen molar-refractivity contribution >= 4 is 34.8 Å². The lowest BCUT2D eigenvalue weighted by atomic mass is 10.1. The molecule has 1 N–H and O–H groups in total. The molecule has 124 valence electrons. The Morgan fingerprint density at radius 1 is 1.24 bits per heavy atom. The first-order valence-corrected chi connectivity index (χ1v) is 8.16. The third kappa shape index (κ3) is 3.27. The van der Waals surface area contributed by atoms with Gasteiger partial charge in [-0.2, -0.15) is 5.26 Å². The summed E-state index contributed by atoms with van der Waals surface area (Å²) in [5, 5.41) is 13.7. The summed E-state index contributed by atoms with van der Waals surface area (Å²) in [4.78, 5) is 16.3. The number of Topliss-reactive ketones (excluding diaryl/α,β-unsaturated/α-hetero) is 1. The minimum Gasteiger partial charge on any atom is -0.348 e. The Morgan fingerprint density at radius 2 is 1.96 bits per heavy atom. The minimum atomic E-state index is -0.749. The van der Waals surface area contributed by atoms with Gasteiger partial charge in [0.15, 0.2) is 0 Å². The van der Waals surface area contributed by atoms with Crippen molar-refractivity contribution in [3.63, 3.8) is 0 Å². The number of nitrogens with zero attached hydrogens (tertiary/aromatic N) is 2. The number of benzene rings is 1. The molecule has 25 heavy (non-hydrogen) atoms. The largest absolute Gasteiger partial charge is 0.348 e. The molecule has 1 aliphatic rings. The molecule has 0 radical (unpaired) electrons. The second-order valence-electron chi connectivity index (χ2n) is 4.86. The summed E-state index contributed by atoms with van der Waals surface area (Å²) in [6.07, 6.45) is 1.42. The summed E-state index contributed by atoms with van der Waals surface area (Å²) in [6, 6.07) is 8.28. The second kappa shape index (κ2) is 7.05. The summed E-state index contributed by atoms with van der Waals surface area (Å²) in [6.45, 7) is 0. The van der Waals surface area contributed by atoms with Crippen LogP contribution in [0.1, 0.15) is 15.9 Å². The lowest BCUT2D eigenvalue weighted by Crippen LogP contribution is -2.13. The molecule has 1 aromatic carbocycles. The Labute approximate surface area is 150 Å². The van der Waals surface area contributed by atoms with Crippen molar-refractivity contribution in [3.8, 4) is 6.07 Å². The Bertz CT molecular complexity index is 962. The van der Waals surface area contributed by atoms with Crippen LogP contribution in [0.3, 0.4) is 0 Å². The molecule has 2 heterocycles. The molecule has 8 heteroatoms. The van der Waals surface area contributed by atoms with Crippen LogP contribution < -0.4 is 5.32 Å². The number of thioether (sulfide) groups is 1. The number of hydrogen-bond donors (Lipinski definition) is 1. The molecule has 0 aliphatic carbocycles. The van der Waals surface area contributed by atoms with Crippen molar-refractivity contribution in [3.05, 3.63) is 80.5 Å². The van der Waals surface area contributed by atoms with Crippen LogP contribution in [0.5, 0.6) is 0 Å². The van der Waals surface area contributed by atoms with Gasteiger partial charge in [0.2, 0.25) is 5.78 Å². The van der Waals surface area contributed by atoms with E-state index >= 15 is 0 Å². The first-order chi connectivity index (χ1) is 12.0. The van der Waals surface area contributed by atoms with Gasteiger partial charge in [0, 0.05) is 11.6 Å². The number of nitrogens with one attached hydrogen (secondary N) is 1. The maximum Gasteiger partial charge on any atom is 0.209 e. The zero-order valence-corrected chi connectivity index (χ0v) is 14.0. The van der Waals surface area contributed by atoms with E-state index < -0.39 is 17.4 Å². The molecule has 0 saturated heterocycles. The maximum absolute atomic E-state index is 13.9. The standard InChI is InChI=1S/C17H8ClF2N3OS/c18-16-9(3-2-6-22-16)15(24)10(7-21)17-23-13(8-25-17)14-11(19)4-1-5-12(14)20/h1-6,8,23H. The summed E-state index contributed by atoms with van der Waals surface area (Å²) >= 11 is 6.88. The smallest absolute Gasteiger partial charge is 0.209 e. The lowest BCUT2D eigenvalue weighted by Gasteiger charge is -2.09. The fourth-order valence-corrected chi connectivity index (χ4v) is 3.23. The Balaban J connectivity index is 1.96. The van der Waals surface area contributed by atoms with Gasteiger partial charge in [0.05, 0.1) is 21.9 Å². The average Bonchev–Trinajstić information content (AvgIpc) is 3.05. The first kappa shape index (κ1) is 17.1. The van der Waals surface area contributed by atoms with Gasteiger partial charge >= 0.3 is 0 Å². The molecule has 4 nitrogen and oxygen atoms in total. The van der Waals surface area contributed by atoms with E-state index in [1.54, 1.807) is 0 Å². The van der Waals surface area contributed by atoms with Crippen molar-refractivity contribution < 1.29 is 13.6 Å². The van der Waals surface area contributed by atoms with Crippen LogP contribution in [0.4, 0.5) is 8.78 Å². The van der Waals surface area contributed by atoms with Gasteiger partial charge in [-0.05, 0) is 24.3 Å². The molecule has 0 fully saturated rings. The van der Waals surface area contributed by atoms with E-state index in [1.165, 1.54) is 29.8 Å². The molecule has 0 spiro atoms. The van der Waals surface area contributed by atoms with E-state index in [0.29, 0.717) is 0 Å². The molecule has 0 atom stereocenters. The van der Waals surface area contributed by atoms with Crippen LogP contribution in [0.2, 0.25) is 5.15 Å². The van der Waals surface area contributed by atoms with E-state index in [2.05, 4.69) is 10.3 Å². The Hall–Kier alpha value is -2.69. The highest BCUT2D eigenvalue weighted by Crippen LogP contribution is 2.35. The van der Waals surface area contributed by atoms with Crippen molar-refractivity contribution in [1.82, 2.24) is 10.3 Å². The van der Waals surface area contributed by atoms with Gasteiger partial charge in [-0.1, -0.05) is 29.4 Å². The molecule has 0 amide bonds. The van der Waals surface area contributed by atoms with Crippen molar-refractivity contribution in [2.75, 3.05) is 0 Å². The number of allylic oxidation sites excluding steroid dienone is 1. The predicted octanol–water partition coefficient (Wildman–Crippen LogP) is 4.27. The van der Waals surface area contributed by atoms with E-state index in [-0.39, 0.29) is 32.6 Å². The second-order valence-corrected chi connectivity index (χ2v) is 6.10. The highest BCUT2D eigenvalue weighted by molar-refractivity contribution is 8.06. The van der Waals surface area contributed by atoms with E-state index in [9.17, 15) is 18.8 Å². The van der Waals surface area contributed by atoms with Crippen LogP contribution in [0.15, 0.2) is 52.5 Å². The molecule has 0 saturated carbocycles. The number of rotatable bonds is 3. The minimum absolute atomic E-state index is 0.0304. The van der Waals surface area contributed by atoms with Crippen LogP contribution in [0.25, 0.3) is 5.70 Å². The molecule has 1 aliphatic heterocycles. The van der Waals surface area contributed by atoms with Crippen LogP contribution in [0, 0.1) is 23.0 Å². The fourth-order valence-electron chi connectivity index (χ4n) is 2.19. The third-order valence-electron chi connectivity index (χ3n) is 3.34. The number of ketones is 1. The molecule has 3 rings (SSSR count). The highest BCUT2D eigenvalue weighted by atomic mass is 35.5. The summed E-state index contributed by atoms with van der Waals surface area (Å²) in [5.74, 6) is -2.12. The normalized spacial score (nSPS) is 15.2. The van der Waals surface area contributed by atoms with Gasteiger partial charge < -0.3 is 5.32 Å². The molecular formula is C17H8ClF2N3OS. The lowest BCUT2D eigenvalue weighted by molar-refractivity contribution is 0.103. The average molecular weight is 376 g/mol. The zero-order chi connectivity index (χ0) is 18.0. The predicted molar refractivity (Wildman–Crippen MR) is 91.3 cm³/mol. The highest BCUT2D eigenvalue weighted by Gasteiger charge is 2.25. The van der Waals surface area contributed by atoms with Crippen LogP contribution in [-0.4, -0.2) is 10.8 Å². The number of aromatic nitrogens is 1. The van der Waals surface area contributed by atoms with Gasteiger partial charge in [0.25, 0.3) is 0 Å². The zero-order valence-electron chi connectivity index (χ0n) is 12.4. The van der Waals surface area contributed by atoms with E-state index in [4.69, 9.17) is 11.6 Å². The SMILES string of the molecule is N#CC(C(=O)c1cccnc1Cl)=C1NC(c2c(F)cccc2F)=CS1. The molecule has 2 aromatic rings. The van der Waals surface area contributed by atoms with Crippen LogP contribution >= 0.6 is 23.4 Å². The topological polar surface area (TPSA) is 65.8 Å². The van der Waals surface area contributed by atoms with Crippen molar-refractivity contribution in [1.29, 1.82) is 5.26 Å². The number of carbonyl (C=O) groups excluding carboxylic acids is 1. The molecular weight excluding hydrogens is 368 g/mol. The van der Waals surface area contributed by atoms with Gasteiger partial charge in [-0.3, -0.25) is 4.79 Å². The summed E-state index contributed by atoms with van der Waals surface area (Å²) in [5.41, 5.74) is -0.272. The summed E-state index contributed by atoms with van der Waals surface area (Å²) in [7, 11) is 0. The summed E-state index contributed by atoms with van der Waals surface area (Å²) < 4.78 is 27.8. The van der Waals surface area contributed by atoms with Gasteiger partial charge in [0.1, 0.15) is 28.4 Å². The Morgan fingerprint density at radius 3 is 2.60 bits per heavy atom. The van der Waals surface area contributed by atoms with Crippen LogP contribution in [-0.2, 0) is 0 Å². The Kier molecular flexibility index (Phi) is 4.83. The first-order valence-electron chi connectivity index (χ1n) is 6.90. The number of carbonyl (C=O) groups is 1. The fraction of sp³-hybridized carbons (Fsp3) is 0. The van der Waals surface area contributed by atoms with Crippen molar-refractivity contribution in [2.24, 2.45) is 0 Å².